The molecule has 170 valence electrons. The van der Waals surface area contributed by atoms with E-state index in [1.807, 2.05) is 13.0 Å². The van der Waals surface area contributed by atoms with Crippen LogP contribution in [0.15, 0.2) is 55.0 Å². The molecule has 0 saturated carbocycles. The van der Waals surface area contributed by atoms with E-state index in [1.165, 1.54) is 31.8 Å². The number of ether oxygens (including phenoxy) is 2. The summed E-state index contributed by atoms with van der Waals surface area (Å²) in [6.45, 7) is 2.19. The summed E-state index contributed by atoms with van der Waals surface area (Å²) >= 11 is 0. The first-order valence-electron chi connectivity index (χ1n) is 10.7. The SMILES string of the molecule is COc1c(C#N)ccnc1O[C@@H]1CC[C@@H](C)N(C(=O)C2C=CC=CC2(F)c2ncccn2)C1. The number of carbonyl (C=O) groups is 1. The Balaban J connectivity index is 1.56. The molecule has 1 amide bonds. The summed E-state index contributed by atoms with van der Waals surface area (Å²) in [5, 5.41) is 9.29. The zero-order valence-electron chi connectivity index (χ0n) is 18.4. The Morgan fingerprint density at radius 1 is 1.24 bits per heavy atom. The van der Waals surface area contributed by atoms with Gasteiger partial charge >= 0.3 is 0 Å². The fourth-order valence-corrected chi connectivity index (χ4v) is 4.20. The van der Waals surface area contributed by atoms with Gasteiger partial charge in [-0.2, -0.15) is 5.26 Å². The van der Waals surface area contributed by atoms with Gasteiger partial charge in [-0.25, -0.2) is 19.3 Å². The highest BCUT2D eigenvalue weighted by molar-refractivity contribution is 5.83. The Morgan fingerprint density at radius 2 is 2.03 bits per heavy atom. The lowest BCUT2D eigenvalue weighted by atomic mass is 9.82. The number of methoxy groups -OCH3 is 1. The Bertz CT molecular complexity index is 1120. The Morgan fingerprint density at radius 3 is 2.76 bits per heavy atom. The third-order valence-corrected chi connectivity index (χ3v) is 5.98. The molecular formula is C24H24FN5O3. The summed E-state index contributed by atoms with van der Waals surface area (Å²) in [4.78, 5) is 27.5. The number of likely N-dealkylation sites (tertiary alicyclic amines) is 1. The van der Waals surface area contributed by atoms with Crippen LogP contribution in [0.4, 0.5) is 4.39 Å². The first-order chi connectivity index (χ1) is 16.0. The van der Waals surface area contributed by atoms with E-state index in [4.69, 9.17) is 9.47 Å². The van der Waals surface area contributed by atoms with Crippen LogP contribution in [-0.2, 0) is 10.5 Å². The summed E-state index contributed by atoms with van der Waals surface area (Å²) in [5.41, 5.74) is -1.84. The van der Waals surface area contributed by atoms with Crippen molar-refractivity contribution in [3.63, 3.8) is 0 Å². The van der Waals surface area contributed by atoms with Crippen LogP contribution >= 0.6 is 0 Å². The number of halogens is 1. The molecule has 0 radical (unpaired) electrons. The number of allylic oxidation sites excluding steroid dienone is 3. The predicted molar refractivity (Wildman–Crippen MR) is 117 cm³/mol. The van der Waals surface area contributed by atoms with Crippen LogP contribution < -0.4 is 9.47 Å². The minimum atomic E-state index is -2.15. The molecule has 8 nitrogen and oxygen atoms in total. The molecule has 2 aliphatic rings. The van der Waals surface area contributed by atoms with Crippen molar-refractivity contribution in [3.05, 3.63) is 66.4 Å². The summed E-state index contributed by atoms with van der Waals surface area (Å²) in [7, 11) is 1.44. The largest absolute Gasteiger partial charge is 0.490 e. The fraction of sp³-hybridized carbons (Fsp3) is 0.375. The lowest BCUT2D eigenvalue weighted by Crippen LogP contribution is -2.53. The molecular weight excluding hydrogens is 425 g/mol. The zero-order valence-corrected chi connectivity index (χ0v) is 18.4. The number of nitrogens with zero attached hydrogens (tertiary/aromatic N) is 5. The van der Waals surface area contributed by atoms with Crippen LogP contribution in [0.5, 0.6) is 11.6 Å². The van der Waals surface area contributed by atoms with Gasteiger partial charge in [0.1, 0.15) is 23.7 Å². The number of alkyl halides is 1. The number of pyridine rings is 1. The maximum Gasteiger partial charge on any atom is 0.258 e. The number of aromatic nitrogens is 3. The smallest absolute Gasteiger partial charge is 0.258 e. The van der Waals surface area contributed by atoms with Gasteiger partial charge in [-0.1, -0.05) is 18.2 Å². The standard InChI is InChI=1S/C24H24FN5O3/c1-16-7-8-18(33-21-20(32-2)17(14-26)9-13-27-21)15-30(16)22(31)19-6-3-4-10-24(19,25)23-28-11-5-12-29-23/h3-6,9-13,16,18-19H,7-8,15H2,1-2H3/t16-,18-,19?,24?/m1/s1. The molecule has 0 spiro atoms. The molecule has 4 atom stereocenters. The summed E-state index contributed by atoms with van der Waals surface area (Å²) in [6, 6.07) is 5.09. The zero-order chi connectivity index (χ0) is 23.4. The van der Waals surface area contributed by atoms with Crippen molar-refractivity contribution >= 4 is 5.91 Å². The number of nitriles is 1. The Hall–Kier alpha value is -3.80. The molecule has 0 aromatic carbocycles. The normalized spacial score (nSPS) is 26.5. The van der Waals surface area contributed by atoms with Crippen LogP contribution in [0.1, 0.15) is 31.2 Å². The van der Waals surface area contributed by atoms with Crippen LogP contribution in [0, 0.1) is 17.2 Å². The minimum Gasteiger partial charge on any atom is -0.490 e. The van der Waals surface area contributed by atoms with E-state index >= 15 is 4.39 Å². The van der Waals surface area contributed by atoms with Gasteiger partial charge in [0, 0.05) is 24.6 Å². The van der Waals surface area contributed by atoms with E-state index in [-0.39, 0.29) is 42.1 Å². The van der Waals surface area contributed by atoms with Gasteiger partial charge in [0.25, 0.3) is 5.88 Å². The van der Waals surface area contributed by atoms with Gasteiger partial charge in [0.15, 0.2) is 11.6 Å². The van der Waals surface area contributed by atoms with E-state index in [9.17, 15) is 10.1 Å². The number of rotatable bonds is 5. The number of hydrogen-bond donors (Lipinski definition) is 0. The highest BCUT2D eigenvalue weighted by atomic mass is 19.1. The Kier molecular flexibility index (Phi) is 6.36. The molecule has 0 bridgehead atoms. The molecule has 1 fully saturated rings. The monoisotopic (exact) mass is 449 g/mol. The average Bonchev–Trinajstić information content (AvgIpc) is 2.85. The molecule has 9 heteroatoms. The summed E-state index contributed by atoms with van der Waals surface area (Å²) < 4.78 is 27.5. The van der Waals surface area contributed by atoms with E-state index in [0.29, 0.717) is 18.4 Å². The predicted octanol–water partition coefficient (Wildman–Crippen LogP) is 3.12. The summed E-state index contributed by atoms with van der Waals surface area (Å²) in [5.74, 6) is -1.07. The molecule has 1 saturated heterocycles. The third kappa shape index (κ3) is 4.29. The third-order valence-electron chi connectivity index (χ3n) is 5.98. The van der Waals surface area contributed by atoms with Crippen molar-refractivity contribution in [1.29, 1.82) is 5.26 Å². The van der Waals surface area contributed by atoms with Gasteiger partial charge in [-0.05, 0) is 38.0 Å². The van der Waals surface area contributed by atoms with Crippen molar-refractivity contribution in [2.75, 3.05) is 13.7 Å². The van der Waals surface area contributed by atoms with E-state index < -0.39 is 11.6 Å². The van der Waals surface area contributed by atoms with Crippen LogP contribution in [-0.4, -0.2) is 51.6 Å². The number of carbonyl (C=O) groups excluding carboxylic acids is 1. The first kappa shape index (κ1) is 22.4. The highest BCUT2D eigenvalue weighted by Crippen LogP contribution is 2.39. The fourth-order valence-electron chi connectivity index (χ4n) is 4.20. The lowest BCUT2D eigenvalue weighted by Gasteiger charge is -2.41. The minimum absolute atomic E-state index is 0.0522. The van der Waals surface area contributed by atoms with Gasteiger partial charge in [-0.15, -0.1) is 0 Å². The number of hydrogen-bond acceptors (Lipinski definition) is 7. The van der Waals surface area contributed by atoms with E-state index in [0.717, 1.165) is 0 Å². The lowest BCUT2D eigenvalue weighted by molar-refractivity contribution is -0.143. The number of piperidine rings is 1. The quantitative estimate of drug-likeness (QED) is 0.691. The van der Waals surface area contributed by atoms with Crippen molar-refractivity contribution in [2.24, 2.45) is 5.92 Å². The maximum atomic E-state index is 16.1. The van der Waals surface area contributed by atoms with Crippen molar-refractivity contribution in [1.82, 2.24) is 19.9 Å². The van der Waals surface area contributed by atoms with Crippen molar-refractivity contribution < 1.29 is 18.7 Å². The molecule has 0 N–H and O–H groups in total. The first-order valence-corrected chi connectivity index (χ1v) is 10.7. The van der Waals surface area contributed by atoms with Gasteiger partial charge in [-0.3, -0.25) is 4.79 Å². The molecule has 4 rings (SSSR count). The molecule has 1 aliphatic heterocycles. The molecule has 2 aromatic rings. The second-order valence-electron chi connectivity index (χ2n) is 8.03. The van der Waals surface area contributed by atoms with Crippen LogP contribution in [0.3, 0.4) is 0 Å². The highest BCUT2D eigenvalue weighted by Gasteiger charge is 2.48. The van der Waals surface area contributed by atoms with Gasteiger partial charge in [0.2, 0.25) is 11.6 Å². The van der Waals surface area contributed by atoms with E-state index in [2.05, 4.69) is 15.0 Å². The van der Waals surface area contributed by atoms with Crippen molar-refractivity contribution in [3.8, 4) is 17.7 Å². The second-order valence-corrected chi connectivity index (χ2v) is 8.03. The van der Waals surface area contributed by atoms with Gasteiger partial charge < -0.3 is 14.4 Å². The van der Waals surface area contributed by atoms with Crippen LogP contribution in [0.25, 0.3) is 0 Å². The van der Waals surface area contributed by atoms with E-state index in [1.54, 1.807) is 35.3 Å². The molecule has 2 aromatic heterocycles. The molecule has 2 unspecified atom stereocenters. The van der Waals surface area contributed by atoms with Gasteiger partial charge in [0.05, 0.1) is 13.7 Å². The molecule has 33 heavy (non-hydrogen) atoms. The number of amides is 1. The summed E-state index contributed by atoms with van der Waals surface area (Å²) in [6.07, 6.45) is 11.5. The average molecular weight is 449 g/mol. The Labute approximate surface area is 191 Å². The maximum absolute atomic E-state index is 16.1. The topological polar surface area (TPSA) is 101 Å². The molecule has 1 aliphatic carbocycles. The van der Waals surface area contributed by atoms with Crippen LogP contribution in [0.2, 0.25) is 0 Å². The second kappa shape index (κ2) is 9.36. The molecule has 3 heterocycles. The van der Waals surface area contributed by atoms with Crippen molar-refractivity contribution in [2.45, 2.75) is 37.6 Å².